The van der Waals surface area contributed by atoms with E-state index in [0.717, 1.165) is 5.46 Å². The van der Waals surface area contributed by atoms with Gasteiger partial charge in [-0.15, -0.1) is 0 Å². The Morgan fingerprint density at radius 3 is 2.15 bits per heavy atom. The lowest BCUT2D eigenvalue weighted by molar-refractivity contribution is 0.00578. The minimum atomic E-state index is -0.320. The van der Waals surface area contributed by atoms with Gasteiger partial charge in [-0.3, -0.25) is 4.98 Å². The quantitative estimate of drug-likeness (QED) is 0.763. The van der Waals surface area contributed by atoms with Crippen LogP contribution in [0.4, 0.5) is 0 Å². The monoisotopic (exact) mass is 349 g/mol. The Bertz CT molecular complexity index is 822. The third kappa shape index (κ3) is 2.99. The zero-order chi connectivity index (χ0) is 18.7. The summed E-state index contributed by atoms with van der Waals surface area (Å²) in [5, 5.41) is 0. The number of pyridine rings is 1. The molecule has 0 spiro atoms. The minimum Gasteiger partial charge on any atom is -0.399 e. The Balaban J connectivity index is 1.65. The first kappa shape index (κ1) is 17.8. The summed E-state index contributed by atoms with van der Waals surface area (Å²) in [6, 6.07) is 8.84. The average Bonchev–Trinajstić information content (AvgIpc) is 3.37. The van der Waals surface area contributed by atoms with Crippen LogP contribution in [-0.2, 0) is 9.31 Å². The molecule has 0 radical (unpaired) electrons. The summed E-state index contributed by atoms with van der Waals surface area (Å²) in [6.45, 7) is 12.7. The smallest absolute Gasteiger partial charge is 0.399 e. The van der Waals surface area contributed by atoms with Gasteiger partial charge in [0, 0.05) is 23.4 Å². The largest absolute Gasteiger partial charge is 0.495 e. The van der Waals surface area contributed by atoms with Crippen molar-refractivity contribution in [2.45, 2.75) is 71.5 Å². The van der Waals surface area contributed by atoms with Gasteiger partial charge in [0.15, 0.2) is 0 Å². The fourth-order valence-electron chi connectivity index (χ4n) is 3.56. The van der Waals surface area contributed by atoms with Crippen LogP contribution in [-0.4, -0.2) is 23.3 Å². The van der Waals surface area contributed by atoms with E-state index >= 15 is 0 Å². The molecule has 1 aromatic heterocycles. The van der Waals surface area contributed by atoms with E-state index in [0.29, 0.717) is 5.92 Å². The number of rotatable bonds is 3. The molecule has 2 heterocycles. The highest BCUT2D eigenvalue weighted by Gasteiger charge is 2.52. The molecule has 136 valence electrons. The van der Waals surface area contributed by atoms with Crippen molar-refractivity contribution in [2.24, 2.45) is 0 Å². The summed E-state index contributed by atoms with van der Waals surface area (Å²) in [4.78, 5) is 4.68. The molecule has 3 nitrogen and oxygen atoms in total. The molecule has 2 fully saturated rings. The van der Waals surface area contributed by atoms with Crippen LogP contribution in [0.3, 0.4) is 0 Å². The van der Waals surface area contributed by atoms with Gasteiger partial charge >= 0.3 is 7.12 Å². The number of aryl methyl sites for hydroxylation is 2. The van der Waals surface area contributed by atoms with Crippen molar-refractivity contribution in [3.8, 4) is 11.1 Å². The first-order valence-electron chi connectivity index (χ1n) is 9.61. The minimum absolute atomic E-state index is 0.317. The highest BCUT2D eigenvalue weighted by atomic mass is 16.7. The third-order valence-electron chi connectivity index (χ3n) is 6.21. The molecule has 1 saturated carbocycles. The van der Waals surface area contributed by atoms with Crippen LogP contribution in [0.25, 0.3) is 11.1 Å². The molecule has 2 aromatic rings. The summed E-state index contributed by atoms with van der Waals surface area (Å²) in [6.07, 6.45) is 4.59. The third-order valence-corrected chi connectivity index (χ3v) is 6.21. The van der Waals surface area contributed by atoms with Crippen molar-refractivity contribution in [3.63, 3.8) is 0 Å². The SMILES string of the molecule is Cc1cc(-c2ccc(C3CC3)nc2)c(C)cc1B1OC(C)(C)C(C)(C)O1. The Morgan fingerprint density at radius 1 is 0.962 bits per heavy atom. The first-order valence-corrected chi connectivity index (χ1v) is 9.61. The van der Waals surface area contributed by atoms with E-state index < -0.39 is 0 Å². The second-order valence-corrected chi connectivity index (χ2v) is 8.86. The summed E-state index contributed by atoms with van der Waals surface area (Å²) >= 11 is 0. The predicted octanol–water partition coefficient (Wildman–Crippen LogP) is 4.54. The number of hydrogen-bond donors (Lipinski definition) is 0. The van der Waals surface area contributed by atoms with Gasteiger partial charge in [0.1, 0.15) is 0 Å². The average molecular weight is 349 g/mol. The van der Waals surface area contributed by atoms with Gasteiger partial charge in [-0.2, -0.15) is 0 Å². The zero-order valence-electron chi connectivity index (χ0n) is 16.7. The molecule has 1 aliphatic heterocycles. The normalized spacial score (nSPS) is 21.2. The topological polar surface area (TPSA) is 31.4 Å². The van der Waals surface area contributed by atoms with Crippen LogP contribution in [0, 0.1) is 13.8 Å². The molecule has 4 heteroatoms. The highest BCUT2D eigenvalue weighted by Crippen LogP contribution is 2.39. The van der Waals surface area contributed by atoms with Crippen LogP contribution >= 0.6 is 0 Å². The Morgan fingerprint density at radius 2 is 1.62 bits per heavy atom. The van der Waals surface area contributed by atoms with Crippen molar-refractivity contribution in [2.75, 3.05) is 0 Å². The van der Waals surface area contributed by atoms with E-state index in [2.05, 4.69) is 70.8 Å². The Kier molecular flexibility index (Phi) is 4.05. The Hall–Kier alpha value is -1.65. The van der Waals surface area contributed by atoms with Gasteiger partial charge in [0.2, 0.25) is 0 Å². The second-order valence-electron chi connectivity index (χ2n) is 8.86. The number of nitrogens with zero attached hydrogens (tertiary/aromatic N) is 1. The van der Waals surface area contributed by atoms with Gasteiger partial charge in [-0.25, -0.2) is 0 Å². The van der Waals surface area contributed by atoms with E-state index in [9.17, 15) is 0 Å². The fraction of sp³-hybridized carbons (Fsp3) is 0.500. The molecule has 1 saturated heterocycles. The summed E-state index contributed by atoms with van der Waals surface area (Å²) in [5.41, 5.74) is 6.53. The lowest BCUT2D eigenvalue weighted by Gasteiger charge is -2.32. The Labute approximate surface area is 157 Å². The van der Waals surface area contributed by atoms with E-state index in [4.69, 9.17) is 9.31 Å². The maximum Gasteiger partial charge on any atom is 0.495 e. The molecule has 0 unspecified atom stereocenters. The van der Waals surface area contributed by atoms with Crippen molar-refractivity contribution >= 4 is 12.6 Å². The zero-order valence-corrected chi connectivity index (χ0v) is 16.7. The van der Waals surface area contributed by atoms with Crippen molar-refractivity contribution < 1.29 is 9.31 Å². The predicted molar refractivity (Wildman–Crippen MR) is 107 cm³/mol. The number of hydrogen-bond acceptors (Lipinski definition) is 3. The molecular formula is C22H28BNO2. The van der Waals surface area contributed by atoms with Crippen LogP contribution in [0.5, 0.6) is 0 Å². The van der Waals surface area contributed by atoms with Gasteiger partial charge in [-0.1, -0.05) is 23.8 Å². The molecule has 0 N–H and O–H groups in total. The maximum absolute atomic E-state index is 6.25. The first-order chi connectivity index (χ1) is 12.2. The molecule has 0 atom stereocenters. The molecule has 2 aliphatic rings. The van der Waals surface area contributed by atoms with Gasteiger partial charge in [0.25, 0.3) is 0 Å². The number of benzene rings is 1. The molecule has 0 amide bonds. The summed E-state index contributed by atoms with van der Waals surface area (Å²) in [5.74, 6) is 0.692. The summed E-state index contributed by atoms with van der Waals surface area (Å²) in [7, 11) is -0.317. The van der Waals surface area contributed by atoms with E-state index in [1.807, 2.05) is 6.20 Å². The van der Waals surface area contributed by atoms with E-state index in [-0.39, 0.29) is 18.3 Å². The standard InChI is InChI=1S/C22H28BNO2/c1-14-12-19(23-25-21(3,4)22(5,6)26-23)15(2)11-18(14)17-9-10-20(24-13-17)16-7-8-16/h9-13,16H,7-8H2,1-6H3. The van der Waals surface area contributed by atoms with Gasteiger partial charge in [-0.05, 0) is 77.0 Å². The molecule has 0 bridgehead atoms. The van der Waals surface area contributed by atoms with Gasteiger partial charge in [0.05, 0.1) is 11.2 Å². The summed E-state index contributed by atoms with van der Waals surface area (Å²) < 4.78 is 12.5. The van der Waals surface area contributed by atoms with Crippen molar-refractivity contribution in [3.05, 3.63) is 47.3 Å². The van der Waals surface area contributed by atoms with E-state index in [1.165, 1.54) is 40.8 Å². The highest BCUT2D eigenvalue weighted by molar-refractivity contribution is 6.62. The van der Waals surface area contributed by atoms with Crippen molar-refractivity contribution in [1.82, 2.24) is 4.98 Å². The van der Waals surface area contributed by atoms with Crippen LogP contribution in [0.1, 0.15) is 63.3 Å². The van der Waals surface area contributed by atoms with Crippen LogP contribution < -0.4 is 5.46 Å². The molecule has 1 aromatic carbocycles. The lowest BCUT2D eigenvalue weighted by Crippen LogP contribution is -2.41. The van der Waals surface area contributed by atoms with Gasteiger partial charge < -0.3 is 9.31 Å². The molecular weight excluding hydrogens is 321 g/mol. The molecule has 26 heavy (non-hydrogen) atoms. The fourth-order valence-corrected chi connectivity index (χ4v) is 3.56. The molecule has 1 aliphatic carbocycles. The lowest BCUT2D eigenvalue weighted by atomic mass is 9.74. The van der Waals surface area contributed by atoms with Crippen LogP contribution in [0.15, 0.2) is 30.5 Å². The molecule has 4 rings (SSSR count). The second kappa shape index (κ2) is 5.93. The van der Waals surface area contributed by atoms with E-state index in [1.54, 1.807) is 0 Å². The number of aromatic nitrogens is 1. The maximum atomic E-state index is 6.25. The van der Waals surface area contributed by atoms with Crippen molar-refractivity contribution in [1.29, 1.82) is 0 Å². The van der Waals surface area contributed by atoms with Crippen LogP contribution in [0.2, 0.25) is 0 Å².